The van der Waals surface area contributed by atoms with Gasteiger partial charge >= 0.3 is 0 Å². The number of imidazole rings is 1. The molecular weight excluding hydrogens is 422 g/mol. The maximum atomic E-state index is 12.2. The highest BCUT2D eigenvalue weighted by Crippen LogP contribution is 2.32. The SMILES string of the molecule is COc1ccc(Nc2nc3cc(Oc4ccnc(C(=O)N(C)C)c4)ccc3n2C)cc1OC. The average Bonchev–Trinajstić information content (AvgIpc) is 3.12. The number of benzene rings is 2. The fraction of sp³-hybridized carbons (Fsp3) is 0.208. The monoisotopic (exact) mass is 447 g/mol. The van der Waals surface area contributed by atoms with Crippen molar-refractivity contribution in [1.82, 2.24) is 19.4 Å². The number of hydrogen-bond acceptors (Lipinski definition) is 7. The second-order valence-electron chi connectivity index (χ2n) is 7.52. The number of fused-ring (bicyclic) bond motifs is 1. The van der Waals surface area contributed by atoms with Crippen molar-refractivity contribution in [3.63, 3.8) is 0 Å². The van der Waals surface area contributed by atoms with Gasteiger partial charge in [0, 0.05) is 51.2 Å². The summed E-state index contributed by atoms with van der Waals surface area (Å²) in [4.78, 5) is 22.5. The van der Waals surface area contributed by atoms with Crippen LogP contribution >= 0.6 is 0 Å². The maximum absolute atomic E-state index is 12.2. The molecule has 9 nitrogen and oxygen atoms in total. The molecular formula is C24H25N5O4. The number of amides is 1. The van der Waals surface area contributed by atoms with E-state index in [4.69, 9.17) is 19.2 Å². The number of methoxy groups -OCH3 is 2. The van der Waals surface area contributed by atoms with Gasteiger partial charge in [-0.2, -0.15) is 0 Å². The number of hydrogen-bond donors (Lipinski definition) is 1. The Hall–Kier alpha value is -4.27. The second kappa shape index (κ2) is 9.07. The second-order valence-corrected chi connectivity index (χ2v) is 7.52. The van der Waals surface area contributed by atoms with E-state index in [0.29, 0.717) is 34.6 Å². The standard InChI is InChI=1S/C24H25N5O4/c1-28(2)23(30)19-14-17(10-11-25-19)33-16-7-8-20-18(13-16)27-24(29(20)3)26-15-6-9-21(31-4)22(12-15)32-5/h6-14H,1-5H3,(H,26,27). The highest BCUT2D eigenvalue weighted by atomic mass is 16.5. The van der Waals surface area contributed by atoms with Gasteiger partial charge in [0.1, 0.15) is 17.2 Å². The normalized spacial score (nSPS) is 10.7. The van der Waals surface area contributed by atoms with Crippen LogP contribution < -0.4 is 19.5 Å². The third kappa shape index (κ3) is 4.52. The zero-order valence-electron chi connectivity index (χ0n) is 19.1. The largest absolute Gasteiger partial charge is 0.493 e. The number of ether oxygens (including phenoxy) is 3. The number of nitrogens with one attached hydrogen (secondary N) is 1. The fourth-order valence-corrected chi connectivity index (χ4v) is 3.35. The maximum Gasteiger partial charge on any atom is 0.272 e. The quantitative estimate of drug-likeness (QED) is 0.453. The summed E-state index contributed by atoms with van der Waals surface area (Å²) in [5.41, 5.74) is 2.83. The first-order valence-corrected chi connectivity index (χ1v) is 10.2. The van der Waals surface area contributed by atoms with Gasteiger partial charge in [-0.3, -0.25) is 9.78 Å². The molecule has 0 bridgehead atoms. The van der Waals surface area contributed by atoms with Gasteiger partial charge in [0.25, 0.3) is 5.91 Å². The summed E-state index contributed by atoms with van der Waals surface area (Å²) in [6.07, 6.45) is 1.55. The van der Waals surface area contributed by atoms with Gasteiger partial charge in [-0.1, -0.05) is 0 Å². The molecule has 2 aromatic heterocycles. The number of aryl methyl sites for hydroxylation is 1. The summed E-state index contributed by atoms with van der Waals surface area (Å²) < 4.78 is 18.6. The van der Waals surface area contributed by atoms with E-state index in [1.54, 1.807) is 46.6 Å². The highest BCUT2D eigenvalue weighted by molar-refractivity contribution is 5.92. The summed E-state index contributed by atoms with van der Waals surface area (Å²) in [5.74, 6) is 2.88. The summed E-state index contributed by atoms with van der Waals surface area (Å²) in [6, 6.07) is 14.5. The Bertz CT molecular complexity index is 1320. The van der Waals surface area contributed by atoms with Crippen molar-refractivity contribution in [2.75, 3.05) is 33.6 Å². The van der Waals surface area contributed by atoms with E-state index in [2.05, 4.69) is 10.3 Å². The molecule has 170 valence electrons. The molecule has 0 aliphatic rings. The lowest BCUT2D eigenvalue weighted by atomic mass is 10.3. The first kappa shape index (κ1) is 21.9. The van der Waals surface area contributed by atoms with Gasteiger partial charge < -0.3 is 29.0 Å². The van der Waals surface area contributed by atoms with E-state index in [1.165, 1.54) is 4.90 Å². The van der Waals surface area contributed by atoms with Crippen LogP contribution in [0.15, 0.2) is 54.7 Å². The van der Waals surface area contributed by atoms with Crippen LogP contribution in [0.2, 0.25) is 0 Å². The number of aromatic nitrogens is 3. The van der Waals surface area contributed by atoms with E-state index in [0.717, 1.165) is 16.7 Å². The Balaban J connectivity index is 1.58. The van der Waals surface area contributed by atoms with Crippen LogP contribution in [0, 0.1) is 0 Å². The molecule has 0 aliphatic carbocycles. The Kier molecular flexibility index (Phi) is 6.03. The van der Waals surface area contributed by atoms with Crippen molar-refractivity contribution >= 4 is 28.6 Å². The van der Waals surface area contributed by atoms with Crippen LogP contribution in [0.25, 0.3) is 11.0 Å². The van der Waals surface area contributed by atoms with Crippen molar-refractivity contribution < 1.29 is 19.0 Å². The molecule has 0 aliphatic heterocycles. The molecule has 9 heteroatoms. The molecule has 0 fully saturated rings. The van der Waals surface area contributed by atoms with Crippen LogP contribution in [0.4, 0.5) is 11.6 Å². The van der Waals surface area contributed by atoms with E-state index in [9.17, 15) is 4.79 Å². The molecule has 4 rings (SSSR count). The molecule has 1 amide bonds. The molecule has 0 saturated carbocycles. The summed E-state index contributed by atoms with van der Waals surface area (Å²) in [6.45, 7) is 0. The number of nitrogens with zero attached hydrogens (tertiary/aromatic N) is 4. The lowest BCUT2D eigenvalue weighted by molar-refractivity contribution is 0.0821. The predicted octanol–water partition coefficient (Wildman–Crippen LogP) is 4.22. The van der Waals surface area contributed by atoms with E-state index >= 15 is 0 Å². The van der Waals surface area contributed by atoms with Gasteiger partial charge in [-0.05, 0) is 30.3 Å². The molecule has 33 heavy (non-hydrogen) atoms. The highest BCUT2D eigenvalue weighted by Gasteiger charge is 2.13. The number of pyridine rings is 1. The van der Waals surface area contributed by atoms with E-state index in [-0.39, 0.29) is 5.91 Å². The fourth-order valence-electron chi connectivity index (χ4n) is 3.35. The van der Waals surface area contributed by atoms with Crippen LogP contribution in [0.5, 0.6) is 23.0 Å². The summed E-state index contributed by atoms with van der Waals surface area (Å²) in [7, 11) is 8.49. The van der Waals surface area contributed by atoms with Crippen molar-refractivity contribution in [1.29, 1.82) is 0 Å². The molecule has 0 atom stereocenters. The number of anilines is 2. The zero-order valence-corrected chi connectivity index (χ0v) is 19.1. The average molecular weight is 447 g/mol. The van der Waals surface area contributed by atoms with Crippen LogP contribution in [0.1, 0.15) is 10.5 Å². The molecule has 0 spiro atoms. The van der Waals surface area contributed by atoms with Crippen molar-refractivity contribution in [2.45, 2.75) is 0 Å². The Labute approximate surface area is 191 Å². The molecule has 1 N–H and O–H groups in total. The number of carbonyl (C=O) groups excluding carboxylic acids is 1. The van der Waals surface area contributed by atoms with Crippen molar-refractivity contribution in [3.8, 4) is 23.0 Å². The first-order valence-electron chi connectivity index (χ1n) is 10.2. The predicted molar refractivity (Wildman–Crippen MR) is 126 cm³/mol. The Morgan fingerprint density at radius 2 is 1.73 bits per heavy atom. The van der Waals surface area contributed by atoms with E-state index < -0.39 is 0 Å². The van der Waals surface area contributed by atoms with Crippen molar-refractivity contribution in [2.24, 2.45) is 7.05 Å². The molecule has 2 heterocycles. The minimum Gasteiger partial charge on any atom is -0.493 e. The van der Waals surface area contributed by atoms with Gasteiger partial charge in [0.2, 0.25) is 5.95 Å². The third-order valence-corrected chi connectivity index (χ3v) is 5.08. The number of carbonyl (C=O) groups is 1. The molecule has 0 radical (unpaired) electrons. The van der Waals surface area contributed by atoms with Crippen LogP contribution in [-0.4, -0.2) is 53.7 Å². The summed E-state index contributed by atoms with van der Waals surface area (Å²) >= 11 is 0. The Morgan fingerprint density at radius 1 is 0.970 bits per heavy atom. The van der Waals surface area contributed by atoms with Crippen molar-refractivity contribution in [3.05, 3.63) is 60.4 Å². The first-order chi connectivity index (χ1) is 15.9. The molecule has 4 aromatic rings. The van der Waals surface area contributed by atoms with Crippen LogP contribution in [-0.2, 0) is 7.05 Å². The van der Waals surface area contributed by atoms with Gasteiger partial charge in [0.15, 0.2) is 11.5 Å². The Morgan fingerprint density at radius 3 is 2.45 bits per heavy atom. The van der Waals surface area contributed by atoms with Gasteiger partial charge in [0.05, 0.1) is 25.3 Å². The van der Waals surface area contributed by atoms with Crippen LogP contribution in [0.3, 0.4) is 0 Å². The lowest BCUT2D eigenvalue weighted by Crippen LogP contribution is -2.22. The van der Waals surface area contributed by atoms with E-state index in [1.807, 2.05) is 48.0 Å². The minimum atomic E-state index is -0.188. The molecule has 2 aromatic carbocycles. The molecule has 0 unspecified atom stereocenters. The third-order valence-electron chi connectivity index (χ3n) is 5.08. The molecule has 0 saturated heterocycles. The lowest BCUT2D eigenvalue weighted by Gasteiger charge is -2.11. The summed E-state index contributed by atoms with van der Waals surface area (Å²) in [5, 5.41) is 3.31. The smallest absolute Gasteiger partial charge is 0.272 e. The minimum absolute atomic E-state index is 0.188. The number of rotatable bonds is 7. The van der Waals surface area contributed by atoms with Gasteiger partial charge in [-0.15, -0.1) is 0 Å². The van der Waals surface area contributed by atoms with Gasteiger partial charge in [-0.25, -0.2) is 4.98 Å². The topological polar surface area (TPSA) is 90.7 Å². The zero-order chi connectivity index (χ0) is 23.5.